The van der Waals surface area contributed by atoms with E-state index in [1.165, 1.54) is 5.56 Å². The van der Waals surface area contributed by atoms with Gasteiger partial charge < -0.3 is 20.1 Å². The fourth-order valence-electron chi connectivity index (χ4n) is 4.07. The van der Waals surface area contributed by atoms with Crippen molar-refractivity contribution in [3.63, 3.8) is 0 Å². The number of hydrogen-bond donors (Lipinski definition) is 3. The Morgan fingerprint density at radius 3 is 2.81 bits per heavy atom. The van der Waals surface area contributed by atoms with Gasteiger partial charge in [-0.3, -0.25) is 9.59 Å². The first-order valence-corrected chi connectivity index (χ1v) is 11.5. The average Bonchev–Trinajstić information content (AvgIpc) is 3.01. The smallest absolute Gasteiger partial charge is 0.303 e. The normalized spacial score (nSPS) is 22.2. The molecule has 3 N–H and O–H groups in total. The van der Waals surface area contributed by atoms with Gasteiger partial charge in [-0.1, -0.05) is 48.6 Å². The van der Waals surface area contributed by atoms with Crippen molar-refractivity contribution in [3.05, 3.63) is 59.7 Å². The van der Waals surface area contributed by atoms with Crippen molar-refractivity contribution < 1.29 is 29.6 Å². The number of ketones is 1. The van der Waals surface area contributed by atoms with Gasteiger partial charge in [-0.2, -0.15) is 0 Å². The third kappa shape index (κ3) is 9.07. The highest BCUT2D eigenvalue weighted by Gasteiger charge is 2.39. The van der Waals surface area contributed by atoms with E-state index in [0.29, 0.717) is 38.9 Å². The molecule has 0 heterocycles. The van der Waals surface area contributed by atoms with Crippen LogP contribution in [0.4, 0.5) is 0 Å². The van der Waals surface area contributed by atoms with Gasteiger partial charge in [-0.05, 0) is 43.7 Å². The zero-order valence-electron chi connectivity index (χ0n) is 18.9. The van der Waals surface area contributed by atoms with Crippen LogP contribution in [-0.4, -0.2) is 52.5 Å². The molecular weight excluding hydrogens is 408 g/mol. The minimum atomic E-state index is -0.812. The summed E-state index contributed by atoms with van der Waals surface area (Å²) in [7, 11) is 0. The molecule has 0 aliphatic heterocycles. The topological polar surface area (TPSA) is 104 Å². The maximum absolute atomic E-state index is 12.3. The molecule has 1 aromatic rings. The number of carboxylic acid groups (broad SMARTS) is 1. The second kappa shape index (κ2) is 14.0. The first-order valence-electron chi connectivity index (χ1n) is 11.5. The van der Waals surface area contributed by atoms with E-state index in [9.17, 15) is 19.8 Å². The number of unbranched alkanes of at least 4 members (excludes halogenated alkanes) is 1. The molecule has 176 valence electrons. The molecular formula is C26H36O6. The van der Waals surface area contributed by atoms with Gasteiger partial charge in [0.1, 0.15) is 5.78 Å². The summed E-state index contributed by atoms with van der Waals surface area (Å²) in [6, 6.07) is 8.07. The molecule has 0 radical (unpaired) electrons. The van der Waals surface area contributed by atoms with Gasteiger partial charge in [0.05, 0.1) is 18.8 Å². The number of allylic oxidation sites excluding steroid dienone is 2. The van der Waals surface area contributed by atoms with Crippen LogP contribution in [0.25, 0.3) is 0 Å². The number of aliphatic carboxylic acids is 1. The van der Waals surface area contributed by atoms with Gasteiger partial charge in [-0.15, -0.1) is 0 Å². The summed E-state index contributed by atoms with van der Waals surface area (Å²) in [5, 5.41) is 29.5. The van der Waals surface area contributed by atoms with Crippen LogP contribution in [0, 0.1) is 11.8 Å². The third-order valence-corrected chi connectivity index (χ3v) is 5.78. The quantitative estimate of drug-likeness (QED) is 0.300. The molecule has 0 bridgehead atoms. The van der Waals surface area contributed by atoms with E-state index >= 15 is 0 Å². The van der Waals surface area contributed by atoms with Crippen LogP contribution in [0.1, 0.15) is 50.2 Å². The highest BCUT2D eigenvalue weighted by molar-refractivity contribution is 5.84. The number of benzene rings is 1. The predicted octanol–water partition coefficient (Wildman–Crippen LogP) is 3.49. The molecule has 32 heavy (non-hydrogen) atoms. The largest absolute Gasteiger partial charge is 0.481 e. The van der Waals surface area contributed by atoms with Gasteiger partial charge in [0, 0.05) is 37.7 Å². The number of carbonyl (C=O) groups excluding carboxylic acids is 1. The molecule has 6 heteroatoms. The molecule has 1 aromatic carbocycles. The zero-order chi connectivity index (χ0) is 23.3. The van der Waals surface area contributed by atoms with E-state index in [1.807, 2.05) is 37.3 Å². The molecule has 0 spiro atoms. The summed E-state index contributed by atoms with van der Waals surface area (Å²) < 4.78 is 5.40. The summed E-state index contributed by atoms with van der Waals surface area (Å²) in [5.74, 6) is -1.42. The van der Waals surface area contributed by atoms with Crippen LogP contribution in [0.5, 0.6) is 0 Å². The van der Waals surface area contributed by atoms with Crippen LogP contribution in [0.2, 0.25) is 0 Å². The zero-order valence-corrected chi connectivity index (χ0v) is 18.9. The van der Waals surface area contributed by atoms with E-state index < -0.39 is 18.2 Å². The first-order chi connectivity index (χ1) is 15.4. The summed E-state index contributed by atoms with van der Waals surface area (Å²) >= 11 is 0. The number of aliphatic hydroxyl groups is 2. The number of carbonyl (C=O) groups is 2. The molecule has 0 unspecified atom stereocenters. The average molecular weight is 445 g/mol. The Balaban J connectivity index is 1.88. The second-order valence-electron chi connectivity index (χ2n) is 8.34. The lowest BCUT2D eigenvalue weighted by molar-refractivity contribution is -0.137. The molecule has 2 rings (SSSR count). The van der Waals surface area contributed by atoms with Gasteiger partial charge in [0.2, 0.25) is 0 Å². The van der Waals surface area contributed by atoms with Crippen molar-refractivity contribution >= 4 is 11.8 Å². The molecule has 0 saturated heterocycles. The molecule has 1 fully saturated rings. The number of hydrogen-bond acceptors (Lipinski definition) is 5. The maximum atomic E-state index is 12.3. The Kier molecular flexibility index (Phi) is 11.4. The van der Waals surface area contributed by atoms with Gasteiger partial charge in [0.25, 0.3) is 0 Å². The standard InChI is InChI=1S/C26H36O6/c1-2-32-15-14-19-8-7-9-20(16-19)17-21(27)12-13-23-22(24(28)18-25(23)29)10-5-3-4-6-11-26(30)31/h3,5,7-9,12-13,16,21-23,25,27,29H,2,4,6,10-11,14-15,17-18H2,1H3,(H,30,31)/b5-3-,13-12+/t21-,22+,23+,25+/m0/s1. The van der Waals surface area contributed by atoms with Crippen LogP contribution in [0.3, 0.4) is 0 Å². The highest BCUT2D eigenvalue weighted by atomic mass is 16.5. The summed E-state index contributed by atoms with van der Waals surface area (Å²) in [6.07, 6.45) is 9.09. The van der Waals surface area contributed by atoms with Crippen LogP contribution in [0.15, 0.2) is 48.6 Å². The van der Waals surface area contributed by atoms with Crippen molar-refractivity contribution in [2.24, 2.45) is 11.8 Å². The van der Waals surface area contributed by atoms with Crippen molar-refractivity contribution in [3.8, 4) is 0 Å². The van der Waals surface area contributed by atoms with E-state index in [-0.39, 0.29) is 30.5 Å². The summed E-state index contributed by atoms with van der Waals surface area (Å²) in [6.45, 7) is 3.34. The SMILES string of the molecule is CCOCCc1cccc(C[C@@H](O)/C=C/[C@H]2[C@H](O)CC(=O)[C@@H]2C/C=C\CCCC(=O)O)c1. The maximum Gasteiger partial charge on any atom is 0.303 e. The van der Waals surface area contributed by atoms with E-state index in [4.69, 9.17) is 9.84 Å². The van der Waals surface area contributed by atoms with Gasteiger partial charge >= 0.3 is 5.97 Å². The van der Waals surface area contributed by atoms with E-state index in [0.717, 1.165) is 12.0 Å². The number of Topliss-reactive ketones (excluding diaryl/α,β-unsaturated/α-hetero) is 1. The lowest BCUT2D eigenvalue weighted by Crippen LogP contribution is -2.19. The molecule has 1 aliphatic rings. The van der Waals surface area contributed by atoms with Crippen molar-refractivity contribution in [2.45, 2.75) is 64.1 Å². The molecule has 4 atom stereocenters. The van der Waals surface area contributed by atoms with Gasteiger partial charge in [0.15, 0.2) is 0 Å². The van der Waals surface area contributed by atoms with Gasteiger partial charge in [-0.25, -0.2) is 0 Å². The summed E-state index contributed by atoms with van der Waals surface area (Å²) in [5.41, 5.74) is 2.19. The third-order valence-electron chi connectivity index (χ3n) is 5.78. The first kappa shape index (κ1) is 26.0. The Morgan fingerprint density at radius 2 is 2.06 bits per heavy atom. The van der Waals surface area contributed by atoms with Crippen LogP contribution in [-0.2, 0) is 27.2 Å². The highest BCUT2D eigenvalue weighted by Crippen LogP contribution is 2.33. The lowest BCUT2D eigenvalue weighted by atomic mass is 9.90. The van der Waals surface area contributed by atoms with Crippen molar-refractivity contribution in [1.82, 2.24) is 0 Å². The minimum absolute atomic E-state index is 0.0267. The van der Waals surface area contributed by atoms with E-state index in [1.54, 1.807) is 12.2 Å². The monoisotopic (exact) mass is 444 g/mol. The number of ether oxygens (including phenoxy) is 1. The minimum Gasteiger partial charge on any atom is -0.481 e. The van der Waals surface area contributed by atoms with Crippen molar-refractivity contribution in [2.75, 3.05) is 13.2 Å². The Labute approximate surface area is 190 Å². The van der Waals surface area contributed by atoms with Crippen LogP contribution >= 0.6 is 0 Å². The number of aliphatic hydroxyl groups excluding tert-OH is 2. The predicted molar refractivity (Wildman–Crippen MR) is 123 cm³/mol. The Bertz CT molecular complexity index is 784. The lowest BCUT2D eigenvalue weighted by Gasteiger charge is -2.17. The van der Waals surface area contributed by atoms with Crippen molar-refractivity contribution in [1.29, 1.82) is 0 Å². The fraction of sp³-hybridized carbons (Fsp3) is 0.538. The van der Waals surface area contributed by atoms with E-state index in [2.05, 4.69) is 6.07 Å². The number of rotatable bonds is 14. The Morgan fingerprint density at radius 1 is 1.28 bits per heavy atom. The molecule has 0 amide bonds. The van der Waals surface area contributed by atoms with Crippen LogP contribution < -0.4 is 0 Å². The fourth-order valence-corrected chi connectivity index (χ4v) is 4.07. The second-order valence-corrected chi connectivity index (χ2v) is 8.34. The molecule has 1 saturated carbocycles. The number of carboxylic acids is 1. The molecule has 1 aliphatic carbocycles. The molecule has 6 nitrogen and oxygen atoms in total. The Hall–Kier alpha value is -2.28. The molecule has 0 aromatic heterocycles. The summed E-state index contributed by atoms with van der Waals surface area (Å²) in [4.78, 5) is 22.9.